The molecule has 22 heavy (non-hydrogen) atoms. The maximum Gasteiger partial charge on any atom is 0.229 e. The lowest BCUT2D eigenvalue weighted by atomic mass is 10.00. The maximum atomic E-state index is 10.7. The van der Waals surface area contributed by atoms with Crippen LogP contribution in [0.3, 0.4) is 0 Å². The van der Waals surface area contributed by atoms with E-state index in [9.17, 15) is 15.3 Å². The van der Waals surface area contributed by atoms with E-state index >= 15 is 0 Å². The van der Waals surface area contributed by atoms with Gasteiger partial charge in [0.1, 0.15) is 28.8 Å². The zero-order valence-electron chi connectivity index (χ0n) is 13.1. The summed E-state index contributed by atoms with van der Waals surface area (Å²) in [5.74, 6) is 1.16. The van der Waals surface area contributed by atoms with E-state index in [4.69, 9.17) is 14.2 Å². The van der Waals surface area contributed by atoms with Crippen molar-refractivity contribution in [3.05, 3.63) is 24.3 Å². The molecule has 2 aliphatic rings. The second kappa shape index (κ2) is 4.58. The molecule has 0 radical (unpaired) electrons. The predicted octanol–water partition coefficient (Wildman–Crippen LogP) is 0.682. The molecule has 1 aromatic rings. The topological polar surface area (TPSA) is 88.4 Å². The number of aliphatic hydroxyl groups excluding tert-OH is 1. The first-order valence-electron chi connectivity index (χ1n) is 7.29. The van der Waals surface area contributed by atoms with Gasteiger partial charge in [-0.15, -0.1) is 0 Å². The number of fused-ring (bicyclic) bond motifs is 1. The third-order valence-electron chi connectivity index (χ3n) is 5.35. The summed E-state index contributed by atoms with van der Waals surface area (Å²) >= 11 is 0. The SMILES string of the molecule is COc1ccc(OC2O[C@H](C)[C@@]3(O)C(C)(C)[C@@]3(O)[C@H]2O)cc1. The molecule has 0 amide bonds. The molecule has 0 aromatic heterocycles. The van der Waals surface area contributed by atoms with Crippen LogP contribution in [0.15, 0.2) is 24.3 Å². The Morgan fingerprint density at radius 3 is 2.14 bits per heavy atom. The minimum Gasteiger partial charge on any atom is -0.497 e. The van der Waals surface area contributed by atoms with E-state index in [1.165, 1.54) is 0 Å². The van der Waals surface area contributed by atoms with Crippen molar-refractivity contribution in [2.75, 3.05) is 7.11 Å². The number of aliphatic hydroxyl groups is 3. The summed E-state index contributed by atoms with van der Waals surface area (Å²) in [4.78, 5) is 0. The van der Waals surface area contributed by atoms with Crippen molar-refractivity contribution in [1.82, 2.24) is 0 Å². The Kier molecular flexibility index (Phi) is 3.24. The summed E-state index contributed by atoms with van der Waals surface area (Å²) in [7, 11) is 1.57. The first-order chi connectivity index (χ1) is 10.2. The first kappa shape index (κ1) is 15.6. The Morgan fingerprint density at radius 1 is 1.05 bits per heavy atom. The van der Waals surface area contributed by atoms with E-state index in [0.29, 0.717) is 11.5 Å². The lowest BCUT2D eigenvalue weighted by Crippen LogP contribution is -2.58. The lowest BCUT2D eigenvalue weighted by Gasteiger charge is -2.38. The second-order valence-electron chi connectivity index (χ2n) is 6.54. The van der Waals surface area contributed by atoms with Crippen LogP contribution in [0.1, 0.15) is 20.8 Å². The molecule has 0 bridgehead atoms. The fourth-order valence-corrected chi connectivity index (χ4v) is 3.76. The average Bonchev–Trinajstić information content (AvgIpc) is 2.87. The van der Waals surface area contributed by atoms with Crippen molar-refractivity contribution in [2.45, 2.75) is 50.5 Å². The molecular formula is C16H22O6. The maximum absolute atomic E-state index is 10.7. The standard InChI is InChI=1S/C16H22O6/c1-9-15(18)14(2,3)16(15,19)12(17)13(21-9)22-11-7-5-10(20-4)6-8-11/h5-9,12-13,17-19H,1-4H3/t9-,12+,13?,15-,16+/m1/s1. The summed E-state index contributed by atoms with van der Waals surface area (Å²) in [5.41, 5.74) is -4.02. The minimum atomic E-state index is -1.66. The summed E-state index contributed by atoms with van der Waals surface area (Å²) < 4.78 is 16.3. The van der Waals surface area contributed by atoms with Gasteiger partial charge in [-0.2, -0.15) is 0 Å². The van der Waals surface area contributed by atoms with Crippen LogP contribution in [0.25, 0.3) is 0 Å². The monoisotopic (exact) mass is 310 g/mol. The highest BCUT2D eigenvalue weighted by molar-refractivity contribution is 5.39. The molecular weight excluding hydrogens is 288 g/mol. The highest BCUT2D eigenvalue weighted by Crippen LogP contribution is 2.70. The third-order valence-corrected chi connectivity index (χ3v) is 5.35. The van der Waals surface area contributed by atoms with Gasteiger partial charge in [0.15, 0.2) is 0 Å². The fourth-order valence-electron chi connectivity index (χ4n) is 3.76. The van der Waals surface area contributed by atoms with Crippen molar-refractivity contribution in [3.63, 3.8) is 0 Å². The summed E-state index contributed by atoms with van der Waals surface area (Å²) in [6.07, 6.45) is -3.08. The second-order valence-corrected chi connectivity index (χ2v) is 6.54. The number of rotatable bonds is 3. The molecule has 1 heterocycles. The average molecular weight is 310 g/mol. The molecule has 6 heteroatoms. The van der Waals surface area contributed by atoms with Gasteiger partial charge in [-0.05, 0) is 31.2 Å². The van der Waals surface area contributed by atoms with E-state index in [1.807, 2.05) is 0 Å². The molecule has 1 aliphatic carbocycles. The zero-order valence-corrected chi connectivity index (χ0v) is 13.1. The number of ether oxygens (including phenoxy) is 3. The minimum absolute atomic E-state index is 0.476. The summed E-state index contributed by atoms with van der Waals surface area (Å²) in [6, 6.07) is 6.81. The molecule has 1 saturated heterocycles. The largest absolute Gasteiger partial charge is 0.497 e. The molecule has 122 valence electrons. The van der Waals surface area contributed by atoms with Crippen LogP contribution in [-0.2, 0) is 4.74 Å². The van der Waals surface area contributed by atoms with Crippen molar-refractivity contribution < 1.29 is 29.5 Å². The number of benzene rings is 1. The van der Waals surface area contributed by atoms with E-state index in [2.05, 4.69) is 0 Å². The van der Waals surface area contributed by atoms with E-state index in [0.717, 1.165) is 0 Å². The van der Waals surface area contributed by atoms with Crippen LogP contribution in [0.2, 0.25) is 0 Å². The Hall–Kier alpha value is -1.34. The van der Waals surface area contributed by atoms with Crippen LogP contribution in [0.5, 0.6) is 11.5 Å². The van der Waals surface area contributed by atoms with Crippen LogP contribution in [0, 0.1) is 5.41 Å². The van der Waals surface area contributed by atoms with Gasteiger partial charge >= 0.3 is 0 Å². The van der Waals surface area contributed by atoms with Gasteiger partial charge in [0, 0.05) is 5.41 Å². The molecule has 1 aliphatic heterocycles. The first-order valence-corrected chi connectivity index (χ1v) is 7.29. The van der Waals surface area contributed by atoms with Gasteiger partial charge < -0.3 is 29.5 Å². The van der Waals surface area contributed by atoms with E-state index < -0.39 is 35.1 Å². The molecule has 5 atom stereocenters. The molecule has 1 aromatic carbocycles. The van der Waals surface area contributed by atoms with Gasteiger partial charge in [0.2, 0.25) is 6.29 Å². The van der Waals surface area contributed by atoms with E-state index in [1.54, 1.807) is 52.1 Å². The molecule has 0 spiro atoms. The fraction of sp³-hybridized carbons (Fsp3) is 0.625. The number of methoxy groups -OCH3 is 1. The molecule has 3 rings (SSSR count). The Balaban J connectivity index is 1.81. The highest BCUT2D eigenvalue weighted by atomic mass is 16.7. The zero-order chi connectivity index (χ0) is 16.3. The third kappa shape index (κ3) is 1.64. The summed E-state index contributed by atoms with van der Waals surface area (Å²) in [6.45, 7) is 5.06. The van der Waals surface area contributed by atoms with Crippen LogP contribution in [0.4, 0.5) is 0 Å². The van der Waals surface area contributed by atoms with Crippen LogP contribution < -0.4 is 9.47 Å². The molecule has 1 saturated carbocycles. The molecule has 2 fully saturated rings. The van der Waals surface area contributed by atoms with E-state index in [-0.39, 0.29) is 0 Å². The smallest absolute Gasteiger partial charge is 0.229 e. The highest BCUT2D eigenvalue weighted by Gasteiger charge is 2.90. The van der Waals surface area contributed by atoms with Crippen molar-refractivity contribution in [2.24, 2.45) is 5.41 Å². The van der Waals surface area contributed by atoms with Crippen molar-refractivity contribution >= 4 is 0 Å². The van der Waals surface area contributed by atoms with Crippen molar-refractivity contribution in [1.29, 1.82) is 0 Å². The van der Waals surface area contributed by atoms with Crippen LogP contribution in [-0.4, -0.2) is 52.1 Å². The van der Waals surface area contributed by atoms with Gasteiger partial charge in [-0.3, -0.25) is 0 Å². The summed E-state index contributed by atoms with van der Waals surface area (Å²) in [5, 5.41) is 31.8. The number of hydrogen-bond donors (Lipinski definition) is 3. The Morgan fingerprint density at radius 2 is 1.59 bits per heavy atom. The quantitative estimate of drug-likeness (QED) is 0.761. The molecule has 3 N–H and O–H groups in total. The van der Waals surface area contributed by atoms with Gasteiger partial charge in [-0.1, -0.05) is 13.8 Å². The van der Waals surface area contributed by atoms with Crippen LogP contribution >= 0.6 is 0 Å². The van der Waals surface area contributed by atoms with Gasteiger partial charge in [0.05, 0.1) is 13.2 Å². The number of hydrogen-bond acceptors (Lipinski definition) is 6. The lowest BCUT2D eigenvalue weighted by molar-refractivity contribution is -0.268. The van der Waals surface area contributed by atoms with Gasteiger partial charge in [0.25, 0.3) is 0 Å². The molecule has 1 unspecified atom stereocenters. The Bertz CT molecular complexity index is 571. The molecule has 6 nitrogen and oxygen atoms in total. The van der Waals surface area contributed by atoms with Gasteiger partial charge in [-0.25, -0.2) is 0 Å². The predicted molar refractivity (Wildman–Crippen MR) is 77.6 cm³/mol. The Labute approximate surface area is 129 Å². The van der Waals surface area contributed by atoms with Crippen molar-refractivity contribution in [3.8, 4) is 11.5 Å². The normalized spacial score (nSPS) is 42.4.